The summed E-state index contributed by atoms with van der Waals surface area (Å²) in [6.07, 6.45) is 4.98. The van der Waals surface area contributed by atoms with Gasteiger partial charge in [-0.25, -0.2) is 15.0 Å². The van der Waals surface area contributed by atoms with Gasteiger partial charge in [0.15, 0.2) is 17.5 Å². The monoisotopic (exact) mass is 630 g/mol. The van der Waals surface area contributed by atoms with Gasteiger partial charge in [0.25, 0.3) is 0 Å². The number of benzene rings is 6. The van der Waals surface area contributed by atoms with Gasteiger partial charge in [0.05, 0.1) is 0 Å². The van der Waals surface area contributed by atoms with Crippen LogP contribution in [-0.4, -0.2) is 27.7 Å². The molecule has 3 heterocycles. The van der Waals surface area contributed by atoms with Gasteiger partial charge in [-0.2, -0.15) is 0 Å². The number of dihydropyridines is 1. The van der Waals surface area contributed by atoms with E-state index in [4.69, 9.17) is 19.4 Å². The summed E-state index contributed by atoms with van der Waals surface area (Å²) in [5, 5.41) is 2.00. The summed E-state index contributed by atoms with van der Waals surface area (Å²) in [4.78, 5) is 19.5. The molecular weight excluding hydrogens is 601 g/mol. The first-order valence-corrected chi connectivity index (χ1v) is 16.5. The Morgan fingerprint density at radius 2 is 1.06 bits per heavy atom. The Bertz CT molecular complexity index is 2530. The molecule has 8 aromatic rings. The van der Waals surface area contributed by atoms with Gasteiger partial charge in [-0.3, -0.25) is 4.99 Å². The van der Waals surface area contributed by atoms with Crippen LogP contribution in [0.25, 0.3) is 83.9 Å². The molecule has 0 unspecified atom stereocenters. The van der Waals surface area contributed by atoms with E-state index in [9.17, 15) is 0 Å². The summed E-state index contributed by atoms with van der Waals surface area (Å²) in [7, 11) is 0. The van der Waals surface area contributed by atoms with Gasteiger partial charge in [0.1, 0.15) is 11.2 Å². The van der Waals surface area contributed by atoms with Crippen LogP contribution in [0.1, 0.15) is 12.0 Å². The first-order valence-electron chi connectivity index (χ1n) is 16.5. The summed E-state index contributed by atoms with van der Waals surface area (Å²) >= 11 is 0. The van der Waals surface area contributed by atoms with Crippen LogP contribution in [-0.2, 0) is 0 Å². The standard InChI is InChI=1S/C44H30N4O/c1-3-9-29(10-4-1)34-13-7-14-36(27-34)43-46-42(33-11-5-2-6-12-33)47-44(48-43)37-15-8-16-40-41(37)38-28-35(21-22-39(38)49-40)31-19-17-30(18-20-31)32-23-25-45-26-24-32/h1-23,25,27-28H,24,26H2. The predicted molar refractivity (Wildman–Crippen MR) is 200 cm³/mol. The topological polar surface area (TPSA) is 64.2 Å². The number of aliphatic imine (C=N–C) groups is 1. The molecule has 2 aromatic heterocycles. The number of fused-ring (bicyclic) bond motifs is 3. The first-order chi connectivity index (χ1) is 24.3. The fourth-order valence-electron chi connectivity index (χ4n) is 6.61. The zero-order valence-electron chi connectivity index (χ0n) is 26.6. The van der Waals surface area contributed by atoms with E-state index in [-0.39, 0.29) is 0 Å². The quantitative estimate of drug-likeness (QED) is 0.183. The van der Waals surface area contributed by atoms with E-state index in [0.717, 1.165) is 73.8 Å². The Hall–Kier alpha value is -6.46. The Morgan fingerprint density at radius 1 is 0.449 bits per heavy atom. The fraction of sp³-hybridized carbons (Fsp3) is 0.0455. The lowest BCUT2D eigenvalue weighted by atomic mass is 9.96. The average molecular weight is 631 g/mol. The maximum Gasteiger partial charge on any atom is 0.164 e. The normalized spacial score (nSPS) is 12.8. The molecule has 0 saturated heterocycles. The zero-order valence-corrected chi connectivity index (χ0v) is 26.6. The maximum atomic E-state index is 6.41. The highest BCUT2D eigenvalue weighted by Crippen LogP contribution is 2.39. The molecule has 0 aliphatic carbocycles. The molecule has 49 heavy (non-hydrogen) atoms. The molecular formula is C44H30N4O. The van der Waals surface area contributed by atoms with Gasteiger partial charge in [0, 0.05) is 40.2 Å². The molecule has 0 amide bonds. The van der Waals surface area contributed by atoms with Crippen molar-refractivity contribution in [3.05, 3.63) is 157 Å². The van der Waals surface area contributed by atoms with Crippen LogP contribution in [0.4, 0.5) is 0 Å². The van der Waals surface area contributed by atoms with E-state index in [1.165, 1.54) is 11.1 Å². The molecule has 6 aromatic carbocycles. The molecule has 1 aliphatic heterocycles. The number of furan rings is 1. The van der Waals surface area contributed by atoms with Crippen LogP contribution in [0.5, 0.6) is 0 Å². The Balaban J connectivity index is 1.19. The van der Waals surface area contributed by atoms with E-state index in [0.29, 0.717) is 17.5 Å². The summed E-state index contributed by atoms with van der Waals surface area (Å²) in [6, 6.07) is 50.1. The molecule has 0 bridgehead atoms. The molecule has 0 fully saturated rings. The third-order valence-electron chi connectivity index (χ3n) is 9.11. The number of allylic oxidation sites excluding steroid dienone is 1. The van der Waals surface area contributed by atoms with Crippen molar-refractivity contribution < 1.29 is 4.42 Å². The Labute approximate surface area is 284 Å². The van der Waals surface area contributed by atoms with Crippen molar-refractivity contribution in [3.8, 4) is 56.4 Å². The van der Waals surface area contributed by atoms with Crippen molar-refractivity contribution >= 4 is 33.7 Å². The lowest BCUT2D eigenvalue weighted by Gasteiger charge is -2.11. The van der Waals surface area contributed by atoms with Crippen molar-refractivity contribution in [3.63, 3.8) is 0 Å². The molecule has 0 saturated carbocycles. The van der Waals surface area contributed by atoms with Crippen molar-refractivity contribution in [1.82, 2.24) is 15.0 Å². The molecule has 0 atom stereocenters. The molecule has 0 spiro atoms. The highest BCUT2D eigenvalue weighted by Gasteiger charge is 2.19. The van der Waals surface area contributed by atoms with Crippen molar-refractivity contribution in [1.29, 1.82) is 0 Å². The molecule has 5 heteroatoms. The van der Waals surface area contributed by atoms with Crippen LogP contribution in [0.2, 0.25) is 0 Å². The second kappa shape index (κ2) is 12.3. The van der Waals surface area contributed by atoms with Crippen LogP contribution < -0.4 is 0 Å². The van der Waals surface area contributed by atoms with Crippen molar-refractivity contribution in [2.75, 3.05) is 6.54 Å². The number of aromatic nitrogens is 3. The summed E-state index contributed by atoms with van der Waals surface area (Å²) in [5.41, 5.74) is 11.4. The van der Waals surface area contributed by atoms with Gasteiger partial charge in [-0.15, -0.1) is 0 Å². The van der Waals surface area contributed by atoms with E-state index < -0.39 is 0 Å². The van der Waals surface area contributed by atoms with Crippen LogP contribution in [0.3, 0.4) is 0 Å². The number of nitrogens with zero attached hydrogens (tertiary/aromatic N) is 4. The van der Waals surface area contributed by atoms with E-state index in [1.54, 1.807) is 0 Å². The van der Waals surface area contributed by atoms with E-state index in [1.807, 2.05) is 54.7 Å². The SMILES string of the molecule is C1=NCCC(c2ccc(-c3ccc4oc5cccc(-c6nc(-c7ccccc7)nc(-c7cccc(-c8ccccc8)c7)n6)c5c4c3)cc2)=C1. The number of rotatable bonds is 6. The minimum absolute atomic E-state index is 0.598. The van der Waals surface area contributed by atoms with Gasteiger partial charge >= 0.3 is 0 Å². The smallest absolute Gasteiger partial charge is 0.164 e. The van der Waals surface area contributed by atoms with E-state index >= 15 is 0 Å². The van der Waals surface area contributed by atoms with Gasteiger partial charge in [-0.1, -0.05) is 121 Å². The first kappa shape index (κ1) is 28.7. The molecule has 1 aliphatic rings. The minimum Gasteiger partial charge on any atom is -0.456 e. The highest BCUT2D eigenvalue weighted by atomic mass is 16.3. The summed E-state index contributed by atoms with van der Waals surface area (Å²) in [6.45, 7) is 0.843. The lowest BCUT2D eigenvalue weighted by Crippen LogP contribution is -2.00. The van der Waals surface area contributed by atoms with Gasteiger partial charge in [-0.05, 0) is 70.2 Å². The second-order valence-electron chi connectivity index (χ2n) is 12.2. The molecule has 0 N–H and O–H groups in total. The van der Waals surface area contributed by atoms with Gasteiger partial charge < -0.3 is 4.42 Å². The summed E-state index contributed by atoms with van der Waals surface area (Å²) < 4.78 is 6.41. The van der Waals surface area contributed by atoms with Crippen LogP contribution in [0, 0.1) is 0 Å². The third-order valence-corrected chi connectivity index (χ3v) is 9.11. The van der Waals surface area contributed by atoms with Gasteiger partial charge in [0.2, 0.25) is 0 Å². The molecule has 0 radical (unpaired) electrons. The van der Waals surface area contributed by atoms with E-state index in [2.05, 4.69) is 108 Å². The highest BCUT2D eigenvalue weighted by molar-refractivity contribution is 6.12. The minimum atomic E-state index is 0.598. The maximum absolute atomic E-state index is 6.41. The number of hydrogen-bond acceptors (Lipinski definition) is 5. The number of hydrogen-bond donors (Lipinski definition) is 0. The Morgan fingerprint density at radius 3 is 1.84 bits per heavy atom. The largest absolute Gasteiger partial charge is 0.456 e. The second-order valence-corrected chi connectivity index (χ2v) is 12.2. The van der Waals surface area contributed by atoms with Crippen molar-refractivity contribution in [2.45, 2.75) is 6.42 Å². The van der Waals surface area contributed by atoms with Crippen molar-refractivity contribution in [2.24, 2.45) is 4.99 Å². The molecule has 5 nitrogen and oxygen atoms in total. The van der Waals surface area contributed by atoms with Crippen LogP contribution >= 0.6 is 0 Å². The molecule has 9 rings (SSSR count). The fourth-order valence-corrected chi connectivity index (χ4v) is 6.61. The lowest BCUT2D eigenvalue weighted by molar-refractivity contribution is 0.669. The zero-order chi connectivity index (χ0) is 32.6. The molecule has 232 valence electrons. The van der Waals surface area contributed by atoms with Crippen LogP contribution in [0.15, 0.2) is 161 Å². The average Bonchev–Trinajstić information content (AvgIpc) is 3.57. The summed E-state index contributed by atoms with van der Waals surface area (Å²) in [5.74, 6) is 1.84. The predicted octanol–water partition coefficient (Wildman–Crippen LogP) is 11.0. The third kappa shape index (κ3) is 5.51. The Kier molecular flexibility index (Phi) is 7.21.